The molecule has 1 N–H and O–H groups in total. The predicted octanol–water partition coefficient (Wildman–Crippen LogP) is 3.80. The summed E-state index contributed by atoms with van der Waals surface area (Å²) in [4.78, 5) is 36.4. The molecule has 1 saturated heterocycles. The first-order valence-corrected chi connectivity index (χ1v) is 8.87. The first-order chi connectivity index (χ1) is 12.8. The summed E-state index contributed by atoms with van der Waals surface area (Å²) in [6.45, 7) is 2.08. The van der Waals surface area contributed by atoms with Gasteiger partial charge in [-0.2, -0.15) is 4.39 Å². The van der Waals surface area contributed by atoms with Gasteiger partial charge in [0.2, 0.25) is 17.6 Å². The second kappa shape index (κ2) is 7.43. The fourth-order valence-electron chi connectivity index (χ4n) is 3.01. The minimum atomic E-state index is -0.981. The molecule has 3 rings (SSSR count). The molecule has 2 aromatic carbocycles. The molecule has 2 amide bonds. The number of rotatable bonds is 4. The summed E-state index contributed by atoms with van der Waals surface area (Å²) in [6, 6.07) is 8.63. The van der Waals surface area contributed by atoms with Crippen molar-refractivity contribution in [3.8, 4) is 0 Å². The molecule has 1 atom stereocenters. The Morgan fingerprint density at radius 2 is 2.07 bits per heavy atom. The lowest BCUT2D eigenvalue weighted by Gasteiger charge is -2.19. The van der Waals surface area contributed by atoms with Crippen molar-refractivity contribution in [3.63, 3.8) is 0 Å². The number of benzene rings is 2. The van der Waals surface area contributed by atoms with Crippen molar-refractivity contribution in [2.24, 2.45) is 5.92 Å². The summed E-state index contributed by atoms with van der Waals surface area (Å²) >= 11 is 3.37. The molecule has 1 aliphatic heterocycles. The lowest BCUT2D eigenvalue weighted by molar-refractivity contribution is -0.387. The van der Waals surface area contributed by atoms with Crippen LogP contribution in [-0.4, -0.2) is 23.3 Å². The zero-order valence-electron chi connectivity index (χ0n) is 14.2. The molecule has 0 bridgehead atoms. The summed E-state index contributed by atoms with van der Waals surface area (Å²) in [7, 11) is 0. The molecule has 9 heteroatoms. The number of nitro benzene ring substituents is 1. The van der Waals surface area contributed by atoms with Crippen molar-refractivity contribution in [1.82, 2.24) is 0 Å². The maximum Gasteiger partial charge on any atom is 0.306 e. The van der Waals surface area contributed by atoms with Gasteiger partial charge in [-0.3, -0.25) is 19.7 Å². The van der Waals surface area contributed by atoms with Gasteiger partial charge in [-0.05, 0) is 42.8 Å². The first-order valence-electron chi connectivity index (χ1n) is 8.07. The van der Waals surface area contributed by atoms with E-state index in [1.54, 1.807) is 11.0 Å². The van der Waals surface area contributed by atoms with Crippen molar-refractivity contribution < 1.29 is 18.9 Å². The molecule has 0 aromatic heterocycles. The minimum absolute atomic E-state index is 0.0324. The van der Waals surface area contributed by atoms with E-state index < -0.39 is 28.3 Å². The Balaban J connectivity index is 1.74. The number of hydrogen-bond donors (Lipinski definition) is 1. The van der Waals surface area contributed by atoms with Crippen LogP contribution >= 0.6 is 15.9 Å². The third-order valence-electron chi connectivity index (χ3n) is 4.36. The molecule has 7 nitrogen and oxygen atoms in total. The van der Waals surface area contributed by atoms with E-state index in [4.69, 9.17) is 0 Å². The molecule has 1 heterocycles. The van der Waals surface area contributed by atoms with Gasteiger partial charge < -0.3 is 10.2 Å². The molecule has 0 radical (unpaired) electrons. The zero-order valence-corrected chi connectivity index (χ0v) is 15.8. The lowest BCUT2D eigenvalue weighted by atomic mass is 10.1. The van der Waals surface area contributed by atoms with Crippen LogP contribution in [0.25, 0.3) is 0 Å². The molecular formula is C18H15BrFN3O4. The lowest BCUT2D eigenvalue weighted by Crippen LogP contribution is -2.28. The van der Waals surface area contributed by atoms with Gasteiger partial charge in [-0.15, -0.1) is 0 Å². The van der Waals surface area contributed by atoms with Crippen LogP contribution in [0.1, 0.15) is 12.0 Å². The number of halogens is 2. The largest absolute Gasteiger partial charge is 0.326 e. The quantitative estimate of drug-likeness (QED) is 0.583. The van der Waals surface area contributed by atoms with E-state index in [-0.39, 0.29) is 24.6 Å². The van der Waals surface area contributed by atoms with E-state index in [0.717, 1.165) is 27.9 Å². The highest BCUT2D eigenvalue weighted by molar-refractivity contribution is 9.10. The fourth-order valence-corrected chi connectivity index (χ4v) is 3.49. The average Bonchev–Trinajstić information content (AvgIpc) is 2.98. The fraction of sp³-hybridized carbons (Fsp3) is 0.222. The first kappa shape index (κ1) is 19.0. The van der Waals surface area contributed by atoms with Gasteiger partial charge >= 0.3 is 5.69 Å². The van der Waals surface area contributed by atoms with E-state index in [1.807, 2.05) is 19.1 Å². The molecule has 1 aliphatic rings. The number of carbonyl (C=O) groups is 2. The topological polar surface area (TPSA) is 92.6 Å². The van der Waals surface area contributed by atoms with Crippen LogP contribution in [-0.2, 0) is 9.59 Å². The molecule has 140 valence electrons. The van der Waals surface area contributed by atoms with Gasteiger partial charge in [0.15, 0.2) is 0 Å². The molecular weight excluding hydrogens is 421 g/mol. The van der Waals surface area contributed by atoms with Gasteiger partial charge in [-0.25, -0.2) is 0 Å². The van der Waals surface area contributed by atoms with Gasteiger partial charge in [0.05, 0.1) is 10.8 Å². The van der Waals surface area contributed by atoms with Crippen molar-refractivity contribution in [2.75, 3.05) is 16.8 Å². The van der Waals surface area contributed by atoms with Crippen LogP contribution in [0.2, 0.25) is 0 Å². The van der Waals surface area contributed by atoms with Crippen molar-refractivity contribution in [2.45, 2.75) is 13.3 Å². The van der Waals surface area contributed by atoms with Crippen molar-refractivity contribution in [3.05, 3.63) is 62.4 Å². The third-order valence-corrected chi connectivity index (χ3v) is 4.85. The van der Waals surface area contributed by atoms with E-state index in [0.29, 0.717) is 0 Å². The minimum Gasteiger partial charge on any atom is -0.326 e. The SMILES string of the molecule is Cc1cc(Br)ccc1N1CC(C(=O)Nc2ccc(F)c([N+](=O)[O-])c2)CC1=O. The Morgan fingerprint density at radius 1 is 1.33 bits per heavy atom. The predicted molar refractivity (Wildman–Crippen MR) is 101 cm³/mol. The van der Waals surface area contributed by atoms with E-state index >= 15 is 0 Å². The van der Waals surface area contributed by atoms with Crippen molar-refractivity contribution >= 4 is 44.8 Å². The monoisotopic (exact) mass is 435 g/mol. The Labute approximate surface area is 162 Å². The highest BCUT2D eigenvalue weighted by Crippen LogP contribution is 2.30. The second-order valence-electron chi connectivity index (χ2n) is 6.25. The molecule has 0 aliphatic carbocycles. The number of aryl methyl sites for hydroxylation is 1. The van der Waals surface area contributed by atoms with Crippen LogP contribution in [0.5, 0.6) is 0 Å². The van der Waals surface area contributed by atoms with Crippen LogP contribution in [0.4, 0.5) is 21.5 Å². The molecule has 1 unspecified atom stereocenters. The van der Waals surface area contributed by atoms with E-state index in [2.05, 4.69) is 21.2 Å². The maximum absolute atomic E-state index is 13.4. The van der Waals surface area contributed by atoms with E-state index in [1.165, 1.54) is 6.07 Å². The molecule has 0 saturated carbocycles. The van der Waals surface area contributed by atoms with Gasteiger partial charge in [0.1, 0.15) is 0 Å². The maximum atomic E-state index is 13.4. The van der Waals surface area contributed by atoms with Crippen LogP contribution in [0.3, 0.4) is 0 Å². The Morgan fingerprint density at radius 3 is 2.74 bits per heavy atom. The number of nitro groups is 1. The molecule has 2 aromatic rings. The summed E-state index contributed by atoms with van der Waals surface area (Å²) in [6.07, 6.45) is 0.0324. The van der Waals surface area contributed by atoms with Crippen LogP contribution in [0, 0.1) is 28.8 Å². The average molecular weight is 436 g/mol. The number of carbonyl (C=O) groups excluding carboxylic acids is 2. The highest BCUT2D eigenvalue weighted by Gasteiger charge is 2.35. The number of hydrogen-bond acceptors (Lipinski definition) is 4. The molecule has 0 spiro atoms. The van der Waals surface area contributed by atoms with Gasteiger partial charge in [-0.1, -0.05) is 15.9 Å². The Kier molecular flexibility index (Phi) is 5.22. The smallest absolute Gasteiger partial charge is 0.306 e. The molecule has 1 fully saturated rings. The third kappa shape index (κ3) is 3.97. The second-order valence-corrected chi connectivity index (χ2v) is 7.16. The van der Waals surface area contributed by atoms with Crippen molar-refractivity contribution in [1.29, 1.82) is 0 Å². The van der Waals surface area contributed by atoms with Crippen LogP contribution < -0.4 is 10.2 Å². The van der Waals surface area contributed by atoms with Gasteiger partial charge in [0, 0.05) is 34.9 Å². The summed E-state index contributed by atoms with van der Waals surface area (Å²) in [5.74, 6) is -2.21. The standard InChI is InChI=1S/C18H15BrFN3O4/c1-10-6-12(19)2-5-15(10)22-9-11(7-17(22)24)18(25)21-13-3-4-14(20)16(8-13)23(26)27/h2-6,8,11H,7,9H2,1H3,(H,21,25). The summed E-state index contributed by atoms with van der Waals surface area (Å²) in [5.41, 5.74) is 1.02. The Hall–Kier alpha value is -2.81. The van der Waals surface area contributed by atoms with Gasteiger partial charge in [0.25, 0.3) is 0 Å². The highest BCUT2D eigenvalue weighted by atomic mass is 79.9. The summed E-state index contributed by atoms with van der Waals surface area (Å²) < 4.78 is 14.3. The van der Waals surface area contributed by atoms with Crippen LogP contribution in [0.15, 0.2) is 40.9 Å². The zero-order chi connectivity index (χ0) is 19.7. The number of nitrogens with one attached hydrogen (secondary N) is 1. The number of nitrogens with zero attached hydrogens (tertiary/aromatic N) is 2. The number of amides is 2. The normalized spacial score (nSPS) is 16.5. The number of anilines is 2. The van der Waals surface area contributed by atoms with E-state index in [9.17, 15) is 24.1 Å². The Bertz CT molecular complexity index is 950. The molecule has 27 heavy (non-hydrogen) atoms. The summed E-state index contributed by atoms with van der Waals surface area (Å²) in [5, 5.41) is 13.3.